The fraction of sp³-hybridized carbons (Fsp3) is 0.120. The molecule has 0 bridgehead atoms. The molecule has 1 heterocycles. The van der Waals surface area contributed by atoms with Crippen molar-refractivity contribution in [3.63, 3.8) is 0 Å². The highest BCUT2D eigenvalue weighted by atomic mass is 16.5. The molecule has 52 heavy (non-hydrogen) atoms. The molecular weight excluding hydrogens is 631 g/mol. The number of ether oxygens (including phenoxy) is 1. The smallest absolute Gasteiger partial charge is 0.132 e. The van der Waals surface area contributed by atoms with Gasteiger partial charge in [0, 0.05) is 23.4 Å². The second-order valence-electron chi connectivity index (χ2n) is 15.3. The summed E-state index contributed by atoms with van der Waals surface area (Å²) in [6, 6.07) is 58.3. The molecule has 0 amide bonds. The van der Waals surface area contributed by atoms with Crippen LogP contribution in [0.4, 0.5) is 17.1 Å². The molecule has 2 nitrogen and oxygen atoms in total. The van der Waals surface area contributed by atoms with Gasteiger partial charge in [-0.05, 0) is 138 Å². The fourth-order valence-electron chi connectivity index (χ4n) is 8.21. The first-order chi connectivity index (χ1) is 25.4. The quantitative estimate of drug-likeness (QED) is 0.181. The number of hydrogen-bond donors (Lipinski definition) is 0. The lowest BCUT2D eigenvalue weighted by Gasteiger charge is -2.30. The SMILES string of the molecule is CC(C)(C)c1ccc(N(c2ccc3cc4c(cc3c2)-c2cc3cc(-c5ccccc5)ccc3cc2-4)c2ccc3c(c2-c2ccccc2)OCC3)cc1. The maximum atomic E-state index is 6.39. The van der Waals surface area contributed by atoms with Crippen molar-refractivity contribution < 1.29 is 4.74 Å². The molecule has 0 atom stereocenters. The van der Waals surface area contributed by atoms with Crippen LogP contribution in [0.2, 0.25) is 0 Å². The summed E-state index contributed by atoms with van der Waals surface area (Å²) in [6.45, 7) is 7.53. The number of benzene rings is 8. The van der Waals surface area contributed by atoms with Crippen molar-refractivity contribution in [3.8, 4) is 50.3 Å². The van der Waals surface area contributed by atoms with Crippen molar-refractivity contribution in [2.75, 3.05) is 11.5 Å². The highest BCUT2D eigenvalue weighted by molar-refractivity contribution is 6.12. The molecule has 1 aliphatic carbocycles. The van der Waals surface area contributed by atoms with Gasteiger partial charge in [0.2, 0.25) is 0 Å². The van der Waals surface area contributed by atoms with E-state index in [0.29, 0.717) is 6.61 Å². The van der Waals surface area contributed by atoms with Crippen molar-refractivity contribution in [2.45, 2.75) is 32.6 Å². The zero-order valence-corrected chi connectivity index (χ0v) is 29.8. The third-order valence-electron chi connectivity index (χ3n) is 11.0. The third-order valence-corrected chi connectivity index (χ3v) is 11.0. The average Bonchev–Trinajstić information content (AvgIpc) is 3.66. The molecule has 0 spiro atoms. The second-order valence-corrected chi connectivity index (χ2v) is 15.3. The van der Waals surface area contributed by atoms with E-state index in [4.69, 9.17) is 4.74 Å². The van der Waals surface area contributed by atoms with Crippen LogP contribution in [0.3, 0.4) is 0 Å². The number of hydrogen-bond acceptors (Lipinski definition) is 2. The summed E-state index contributed by atoms with van der Waals surface area (Å²) in [5.41, 5.74) is 16.1. The minimum Gasteiger partial charge on any atom is -0.492 e. The molecule has 0 N–H and O–H groups in total. The van der Waals surface area contributed by atoms with Gasteiger partial charge >= 0.3 is 0 Å². The molecule has 8 aromatic carbocycles. The lowest BCUT2D eigenvalue weighted by atomic mass is 9.77. The largest absolute Gasteiger partial charge is 0.492 e. The van der Waals surface area contributed by atoms with Crippen LogP contribution < -0.4 is 9.64 Å². The van der Waals surface area contributed by atoms with E-state index < -0.39 is 0 Å². The average molecular weight is 670 g/mol. The van der Waals surface area contributed by atoms with Crippen LogP contribution in [0.1, 0.15) is 31.9 Å². The van der Waals surface area contributed by atoms with Gasteiger partial charge in [-0.25, -0.2) is 0 Å². The number of rotatable bonds is 5. The predicted molar refractivity (Wildman–Crippen MR) is 219 cm³/mol. The topological polar surface area (TPSA) is 12.5 Å². The van der Waals surface area contributed by atoms with Gasteiger partial charge in [0.25, 0.3) is 0 Å². The van der Waals surface area contributed by atoms with Gasteiger partial charge in [0.15, 0.2) is 0 Å². The van der Waals surface area contributed by atoms with Gasteiger partial charge in [-0.15, -0.1) is 0 Å². The summed E-state index contributed by atoms with van der Waals surface area (Å²) in [6.07, 6.45) is 0.932. The lowest BCUT2D eigenvalue weighted by molar-refractivity contribution is 0.358. The molecule has 0 saturated heterocycles. The highest BCUT2D eigenvalue weighted by Crippen LogP contribution is 2.52. The first kappa shape index (κ1) is 30.7. The minimum absolute atomic E-state index is 0.0650. The Balaban J connectivity index is 1.12. The van der Waals surface area contributed by atoms with E-state index >= 15 is 0 Å². The molecule has 0 radical (unpaired) electrons. The maximum Gasteiger partial charge on any atom is 0.132 e. The highest BCUT2D eigenvalue weighted by Gasteiger charge is 2.27. The van der Waals surface area contributed by atoms with Crippen molar-refractivity contribution in [2.24, 2.45) is 0 Å². The van der Waals surface area contributed by atoms with Crippen LogP contribution in [0.15, 0.2) is 158 Å². The Morgan fingerprint density at radius 1 is 0.481 bits per heavy atom. The van der Waals surface area contributed by atoms with E-state index in [1.165, 1.54) is 66.1 Å². The van der Waals surface area contributed by atoms with E-state index in [1.54, 1.807) is 0 Å². The molecule has 2 heteroatoms. The number of nitrogens with zero attached hydrogens (tertiary/aromatic N) is 1. The molecule has 1 aliphatic heterocycles. The van der Waals surface area contributed by atoms with E-state index in [-0.39, 0.29) is 5.41 Å². The molecule has 250 valence electrons. The van der Waals surface area contributed by atoms with E-state index in [1.807, 2.05) is 0 Å². The van der Waals surface area contributed by atoms with Gasteiger partial charge in [-0.1, -0.05) is 118 Å². The van der Waals surface area contributed by atoms with Crippen LogP contribution >= 0.6 is 0 Å². The Hall–Kier alpha value is -6.12. The van der Waals surface area contributed by atoms with Gasteiger partial charge in [0.05, 0.1) is 12.3 Å². The van der Waals surface area contributed by atoms with E-state index in [9.17, 15) is 0 Å². The fourth-order valence-corrected chi connectivity index (χ4v) is 8.21. The monoisotopic (exact) mass is 669 g/mol. The summed E-state index contributed by atoms with van der Waals surface area (Å²) < 4.78 is 6.39. The van der Waals surface area contributed by atoms with Crippen molar-refractivity contribution >= 4 is 38.6 Å². The molecule has 10 rings (SSSR count). The van der Waals surface area contributed by atoms with E-state index in [2.05, 4.69) is 183 Å². The van der Waals surface area contributed by atoms with Gasteiger partial charge < -0.3 is 9.64 Å². The summed E-state index contributed by atoms with van der Waals surface area (Å²) >= 11 is 0. The molecule has 8 aromatic rings. The Labute approximate surface area is 305 Å². The van der Waals surface area contributed by atoms with Crippen LogP contribution in [0.5, 0.6) is 5.75 Å². The Kier molecular flexibility index (Phi) is 6.91. The summed E-state index contributed by atoms with van der Waals surface area (Å²) in [7, 11) is 0. The molecular formula is C50H39NO. The van der Waals surface area contributed by atoms with E-state index in [0.717, 1.165) is 40.4 Å². The minimum atomic E-state index is 0.0650. The van der Waals surface area contributed by atoms with Crippen LogP contribution in [-0.4, -0.2) is 6.61 Å². The van der Waals surface area contributed by atoms with Gasteiger partial charge in [-0.3, -0.25) is 0 Å². The van der Waals surface area contributed by atoms with Crippen molar-refractivity contribution in [1.29, 1.82) is 0 Å². The van der Waals surface area contributed by atoms with Crippen molar-refractivity contribution in [1.82, 2.24) is 0 Å². The zero-order valence-electron chi connectivity index (χ0n) is 29.8. The molecule has 2 aliphatic rings. The molecule has 0 unspecified atom stereocenters. The molecule has 0 fully saturated rings. The van der Waals surface area contributed by atoms with Crippen LogP contribution in [0, 0.1) is 0 Å². The predicted octanol–water partition coefficient (Wildman–Crippen LogP) is 13.7. The summed E-state index contributed by atoms with van der Waals surface area (Å²) in [5.74, 6) is 1.00. The number of anilines is 3. The third kappa shape index (κ3) is 5.01. The Morgan fingerprint density at radius 3 is 1.71 bits per heavy atom. The van der Waals surface area contributed by atoms with Crippen LogP contribution in [0.25, 0.3) is 66.1 Å². The van der Waals surface area contributed by atoms with Crippen molar-refractivity contribution in [3.05, 3.63) is 169 Å². The second kappa shape index (κ2) is 11.7. The van der Waals surface area contributed by atoms with Gasteiger partial charge in [0.1, 0.15) is 5.75 Å². The maximum absolute atomic E-state index is 6.39. The lowest BCUT2D eigenvalue weighted by Crippen LogP contribution is -2.14. The van der Waals surface area contributed by atoms with Crippen LogP contribution in [-0.2, 0) is 11.8 Å². The van der Waals surface area contributed by atoms with Gasteiger partial charge in [-0.2, -0.15) is 0 Å². The Bertz CT molecular complexity index is 2670. The zero-order chi connectivity index (χ0) is 35.0. The molecule has 0 aromatic heterocycles. The first-order valence-corrected chi connectivity index (χ1v) is 18.4. The normalized spacial score (nSPS) is 12.9. The summed E-state index contributed by atoms with van der Waals surface area (Å²) in [4.78, 5) is 2.42. The standard InChI is InChI=1S/C50H39NO/c1-50(2,3)40-18-21-41(22-19-40)51(47-23-17-34-24-25-52-49(34)48(47)33-12-8-5-9-13-33)42-20-16-37-29-44-43-28-36-15-14-35(32-10-6-4-7-11-32)26-38(36)30-45(43)46(44)31-39(37)27-42/h4-23,26-31H,24-25H2,1-3H3. The first-order valence-electron chi connectivity index (χ1n) is 18.4. The number of fused-ring (bicyclic) bond motifs is 7. The Morgan fingerprint density at radius 2 is 1.06 bits per heavy atom. The summed E-state index contributed by atoms with van der Waals surface area (Å²) in [5, 5.41) is 5.03. The molecule has 0 saturated carbocycles.